The number of carbonyl (C=O) groups is 1. The molecule has 1 amide bonds. The molecule has 0 saturated carbocycles. The molecule has 96 valence electrons. The highest BCUT2D eigenvalue weighted by Gasteiger charge is 2.06. The number of furan rings is 1. The van der Waals surface area contributed by atoms with Gasteiger partial charge in [0.1, 0.15) is 5.76 Å². The lowest BCUT2D eigenvalue weighted by molar-refractivity contribution is 0.0948. The van der Waals surface area contributed by atoms with Gasteiger partial charge >= 0.3 is 0 Å². The molecule has 5 heteroatoms. The zero-order valence-electron chi connectivity index (χ0n) is 9.76. The van der Waals surface area contributed by atoms with Crippen molar-refractivity contribution in [1.82, 2.24) is 5.32 Å². The number of nitrogens with two attached hydrogens (primary N) is 1. The topological polar surface area (TPSA) is 68.3 Å². The first kappa shape index (κ1) is 14.3. The van der Waals surface area contributed by atoms with Crippen LogP contribution in [-0.4, -0.2) is 5.91 Å². The standard InChI is InChI=1S/C13H14N2O2.ClH/c14-8-10-3-1-4-11(7-10)13(16)15-9-12-5-2-6-17-12;/h1-7H,8-9,14H2,(H,15,16);1H. The van der Waals surface area contributed by atoms with Gasteiger partial charge in [0.15, 0.2) is 0 Å². The Labute approximate surface area is 112 Å². The summed E-state index contributed by atoms with van der Waals surface area (Å²) in [6, 6.07) is 10.9. The number of rotatable bonds is 4. The molecule has 3 N–H and O–H groups in total. The van der Waals surface area contributed by atoms with E-state index in [0.717, 1.165) is 11.3 Å². The third-order valence-electron chi connectivity index (χ3n) is 2.43. The van der Waals surface area contributed by atoms with Crippen molar-refractivity contribution in [3.8, 4) is 0 Å². The number of amides is 1. The minimum atomic E-state index is -0.128. The predicted octanol–water partition coefficient (Wildman–Crippen LogP) is 2.09. The molecule has 0 aliphatic carbocycles. The summed E-state index contributed by atoms with van der Waals surface area (Å²) in [6.45, 7) is 0.817. The second-order valence-corrected chi connectivity index (χ2v) is 3.67. The predicted molar refractivity (Wildman–Crippen MR) is 71.5 cm³/mol. The van der Waals surface area contributed by atoms with Crippen LogP contribution in [0.2, 0.25) is 0 Å². The van der Waals surface area contributed by atoms with E-state index in [1.807, 2.05) is 18.2 Å². The van der Waals surface area contributed by atoms with E-state index in [9.17, 15) is 4.79 Å². The Hall–Kier alpha value is -1.78. The second-order valence-electron chi connectivity index (χ2n) is 3.67. The molecular formula is C13H15ClN2O2. The molecule has 1 aromatic carbocycles. The van der Waals surface area contributed by atoms with Gasteiger partial charge in [0.05, 0.1) is 12.8 Å². The Balaban J connectivity index is 0.00000162. The lowest BCUT2D eigenvalue weighted by atomic mass is 10.1. The summed E-state index contributed by atoms with van der Waals surface area (Å²) in [5, 5.41) is 2.78. The molecular weight excluding hydrogens is 252 g/mol. The highest BCUT2D eigenvalue weighted by molar-refractivity contribution is 5.94. The van der Waals surface area contributed by atoms with Crippen molar-refractivity contribution >= 4 is 18.3 Å². The summed E-state index contributed by atoms with van der Waals surface area (Å²) in [5.74, 6) is 0.602. The molecule has 4 nitrogen and oxygen atoms in total. The lowest BCUT2D eigenvalue weighted by Crippen LogP contribution is -2.22. The molecule has 0 atom stereocenters. The summed E-state index contributed by atoms with van der Waals surface area (Å²) in [6.07, 6.45) is 1.58. The number of benzene rings is 1. The summed E-state index contributed by atoms with van der Waals surface area (Å²) < 4.78 is 5.13. The molecule has 0 fully saturated rings. The van der Waals surface area contributed by atoms with Gasteiger partial charge in [-0.05, 0) is 29.8 Å². The van der Waals surface area contributed by atoms with E-state index in [4.69, 9.17) is 10.2 Å². The minimum absolute atomic E-state index is 0. The SMILES string of the molecule is Cl.NCc1cccc(C(=O)NCc2ccco2)c1. The second kappa shape index (κ2) is 6.83. The van der Waals surface area contributed by atoms with Gasteiger partial charge in [-0.1, -0.05) is 12.1 Å². The maximum absolute atomic E-state index is 11.8. The molecule has 2 rings (SSSR count). The normalized spacial score (nSPS) is 9.61. The van der Waals surface area contributed by atoms with Crippen molar-refractivity contribution in [2.75, 3.05) is 0 Å². The van der Waals surface area contributed by atoms with Crippen LogP contribution in [0.3, 0.4) is 0 Å². The van der Waals surface area contributed by atoms with Crippen molar-refractivity contribution < 1.29 is 9.21 Å². The van der Waals surface area contributed by atoms with E-state index in [1.54, 1.807) is 24.5 Å². The molecule has 0 bridgehead atoms. The fraction of sp³-hybridized carbons (Fsp3) is 0.154. The van der Waals surface area contributed by atoms with Crippen LogP contribution in [0.25, 0.3) is 0 Å². The first-order chi connectivity index (χ1) is 8.29. The summed E-state index contributed by atoms with van der Waals surface area (Å²) >= 11 is 0. The third-order valence-corrected chi connectivity index (χ3v) is 2.43. The maximum Gasteiger partial charge on any atom is 0.251 e. The van der Waals surface area contributed by atoms with Crippen molar-refractivity contribution in [3.63, 3.8) is 0 Å². The van der Waals surface area contributed by atoms with E-state index in [1.165, 1.54) is 0 Å². The van der Waals surface area contributed by atoms with Crippen LogP contribution >= 0.6 is 12.4 Å². The molecule has 0 unspecified atom stereocenters. The van der Waals surface area contributed by atoms with Crippen molar-refractivity contribution in [3.05, 3.63) is 59.5 Å². The molecule has 0 aliphatic heterocycles. The highest BCUT2D eigenvalue weighted by atomic mass is 35.5. The number of nitrogens with one attached hydrogen (secondary N) is 1. The lowest BCUT2D eigenvalue weighted by Gasteiger charge is -2.04. The van der Waals surface area contributed by atoms with Gasteiger partial charge in [-0.2, -0.15) is 0 Å². The molecule has 0 saturated heterocycles. The highest BCUT2D eigenvalue weighted by Crippen LogP contribution is 2.05. The van der Waals surface area contributed by atoms with Gasteiger partial charge < -0.3 is 15.5 Å². The number of hydrogen-bond acceptors (Lipinski definition) is 3. The molecule has 0 spiro atoms. The first-order valence-corrected chi connectivity index (χ1v) is 5.39. The zero-order valence-corrected chi connectivity index (χ0v) is 10.6. The minimum Gasteiger partial charge on any atom is -0.467 e. The zero-order chi connectivity index (χ0) is 12.1. The van der Waals surface area contributed by atoms with Gasteiger partial charge in [0, 0.05) is 12.1 Å². The van der Waals surface area contributed by atoms with Gasteiger partial charge in [-0.25, -0.2) is 0 Å². The molecule has 18 heavy (non-hydrogen) atoms. The van der Waals surface area contributed by atoms with Crippen LogP contribution in [0.1, 0.15) is 21.7 Å². The largest absolute Gasteiger partial charge is 0.467 e. The average molecular weight is 267 g/mol. The van der Waals surface area contributed by atoms with Crippen molar-refractivity contribution in [1.29, 1.82) is 0 Å². The maximum atomic E-state index is 11.8. The molecule has 1 heterocycles. The number of halogens is 1. The summed E-state index contributed by atoms with van der Waals surface area (Å²) in [5.41, 5.74) is 7.07. The number of carbonyl (C=O) groups excluding carboxylic acids is 1. The Morgan fingerprint density at radius 1 is 1.28 bits per heavy atom. The Kier molecular flexibility index (Phi) is 5.42. The fourth-order valence-electron chi connectivity index (χ4n) is 1.52. The van der Waals surface area contributed by atoms with Crippen LogP contribution in [0.4, 0.5) is 0 Å². The molecule has 1 aromatic heterocycles. The van der Waals surface area contributed by atoms with Crippen molar-refractivity contribution in [2.45, 2.75) is 13.1 Å². The Morgan fingerprint density at radius 2 is 2.11 bits per heavy atom. The fourth-order valence-corrected chi connectivity index (χ4v) is 1.52. The van der Waals surface area contributed by atoms with E-state index < -0.39 is 0 Å². The van der Waals surface area contributed by atoms with Gasteiger partial charge in [0.2, 0.25) is 0 Å². The average Bonchev–Trinajstić information content (AvgIpc) is 2.89. The third kappa shape index (κ3) is 3.61. The van der Waals surface area contributed by atoms with Gasteiger partial charge in [-0.15, -0.1) is 12.4 Å². The van der Waals surface area contributed by atoms with E-state index in [-0.39, 0.29) is 18.3 Å². The van der Waals surface area contributed by atoms with Crippen molar-refractivity contribution in [2.24, 2.45) is 5.73 Å². The first-order valence-electron chi connectivity index (χ1n) is 5.39. The van der Waals surface area contributed by atoms with Gasteiger partial charge in [-0.3, -0.25) is 4.79 Å². The monoisotopic (exact) mass is 266 g/mol. The van der Waals surface area contributed by atoms with Crippen LogP contribution in [0.5, 0.6) is 0 Å². The Bertz CT molecular complexity index is 497. The molecule has 0 radical (unpaired) electrons. The summed E-state index contributed by atoms with van der Waals surface area (Å²) in [7, 11) is 0. The van der Waals surface area contributed by atoms with Crippen LogP contribution in [-0.2, 0) is 13.1 Å². The summed E-state index contributed by atoms with van der Waals surface area (Å²) in [4.78, 5) is 11.8. The van der Waals surface area contributed by atoms with E-state index in [2.05, 4.69) is 5.32 Å². The van der Waals surface area contributed by atoms with Gasteiger partial charge in [0.25, 0.3) is 5.91 Å². The van der Waals surface area contributed by atoms with E-state index in [0.29, 0.717) is 18.7 Å². The molecule has 2 aromatic rings. The smallest absolute Gasteiger partial charge is 0.251 e. The van der Waals surface area contributed by atoms with Crippen LogP contribution in [0.15, 0.2) is 47.1 Å². The Morgan fingerprint density at radius 3 is 2.78 bits per heavy atom. The van der Waals surface area contributed by atoms with E-state index >= 15 is 0 Å². The molecule has 0 aliphatic rings. The van der Waals surface area contributed by atoms with Crippen LogP contribution < -0.4 is 11.1 Å². The van der Waals surface area contributed by atoms with Crippen LogP contribution in [0, 0.1) is 0 Å². The quantitative estimate of drug-likeness (QED) is 0.890. The number of hydrogen-bond donors (Lipinski definition) is 2.